The molecule has 4 heteroatoms. The number of benzene rings is 1. The summed E-state index contributed by atoms with van der Waals surface area (Å²) in [7, 11) is 0. The molecule has 0 radical (unpaired) electrons. The van der Waals surface area contributed by atoms with Crippen LogP contribution in [0.15, 0.2) is 42.5 Å². The van der Waals surface area contributed by atoms with Crippen molar-refractivity contribution in [3.05, 3.63) is 48.0 Å². The van der Waals surface area contributed by atoms with Gasteiger partial charge in [-0.05, 0) is 18.4 Å². The molecule has 0 spiro atoms. The third kappa shape index (κ3) is 4.33. The van der Waals surface area contributed by atoms with Crippen LogP contribution in [-0.2, 0) is 11.3 Å². The van der Waals surface area contributed by atoms with Crippen LogP contribution in [0.2, 0.25) is 0 Å². The summed E-state index contributed by atoms with van der Waals surface area (Å²) in [5.41, 5.74) is 0.909. The van der Waals surface area contributed by atoms with Crippen molar-refractivity contribution in [2.24, 2.45) is 5.92 Å². The molecule has 2 rings (SSSR count). The molecule has 1 N–H and O–H groups in total. The van der Waals surface area contributed by atoms with Gasteiger partial charge in [-0.2, -0.15) is 5.06 Å². The highest BCUT2D eigenvalue weighted by Crippen LogP contribution is 2.27. The van der Waals surface area contributed by atoms with E-state index in [0.29, 0.717) is 6.42 Å². The summed E-state index contributed by atoms with van der Waals surface area (Å²) < 4.78 is 5.16. The van der Waals surface area contributed by atoms with E-state index in [1.165, 1.54) is 0 Å². The van der Waals surface area contributed by atoms with Crippen molar-refractivity contribution in [2.45, 2.75) is 45.3 Å². The topological polar surface area (TPSA) is 49.8 Å². The zero-order valence-electron chi connectivity index (χ0n) is 12.4. The van der Waals surface area contributed by atoms with Crippen LogP contribution >= 0.6 is 0 Å². The fraction of sp³-hybridized carbons (Fsp3) is 0.471. The molecule has 0 saturated carbocycles. The first-order valence-electron chi connectivity index (χ1n) is 7.57. The summed E-state index contributed by atoms with van der Waals surface area (Å²) in [4.78, 5) is 11.9. The van der Waals surface area contributed by atoms with Gasteiger partial charge in [-0.25, -0.2) is 4.79 Å². The molecule has 114 valence electrons. The minimum absolute atomic E-state index is 0.177. The first kappa shape index (κ1) is 15.6. The van der Waals surface area contributed by atoms with E-state index in [-0.39, 0.29) is 18.6 Å². The quantitative estimate of drug-likeness (QED) is 0.486. The zero-order valence-corrected chi connectivity index (χ0v) is 12.4. The zero-order chi connectivity index (χ0) is 15.1. The molecule has 4 nitrogen and oxygen atoms in total. The minimum atomic E-state index is -0.672. The molecule has 1 aliphatic carbocycles. The average Bonchev–Trinajstić information content (AvgIpc) is 2.99. The maximum absolute atomic E-state index is 11.9. The summed E-state index contributed by atoms with van der Waals surface area (Å²) in [6.45, 7) is 2.31. The maximum atomic E-state index is 11.9. The molecule has 0 saturated heterocycles. The van der Waals surface area contributed by atoms with Gasteiger partial charge in [0.1, 0.15) is 6.61 Å². The summed E-state index contributed by atoms with van der Waals surface area (Å²) >= 11 is 0. The monoisotopic (exact) mass is 289 g/mol. The Morgan fingerprint density at radius 2 is 2.14 bits per heavy atom. The fourth-order valence-corrected chi connectivity index (χ4v) is 2.63. The highest BCUT2D eigenvalue weighted by atomic mass is 16.6. The van der Waals surface area contributed by atoms with Gasteiger partial charge in [-0.3, -0.25) is 5.21 Å². The number of hydrogen-bond donors (Lipinski definition) is 1. The number of amides is 1. The standard InChI is InChI=1S/C17H23NO3/c1-2-3-10-15-11-7-12-16(15)18(20)17(19)21-13-14-8-5-4-6-9-14/h4-9,11,15-16,20H,2-3,10,12-13H2,1H3/t15-,16-/m0/s1. The molecule has 1 aliphatic rings. The first-order valence-corrected chi connectivity index (χ1v) is 7.57. The second-order valence-electron chi connectivity index (χ2n) is 5.42. The second-order valence-corrected chi connectivity index (χ2v) is 5.42. The lowest BCUT2D eigenvalue weighted by Gasteiger charge is -2.26. The van der Waals surface area contributed by atoms with Crippen molar-refractivity contribution in [2.75, 3.05) is 0 Å². The smallest absolute Gasteiger partial charge is 0.434 e. The number of carbonyl (C=O) groups is 1. The Labute approximate surface area is 126 Å². The van der Waals surface area contributed by atoms with Gasteiger partial charge >= 0.3 is 6.09 Å². The molecule has 0 unspecified atom stereocenters. The Morgan fingerprint density at radius 1 is 1.38 bits per heavy atom. The molecule has 0 heterocycles. The van der Waals surface area contributed by atoms with Crippen LogP contribution < -0.4 is 0 Å². The van der Waals surface area contributed by atoms with Gasteiger partial charge in [0.05, 0.1) is 6.04 Å². The molecule has 0 bridgehead atoms. The Bertz CT molecular complexity index is 472. The van der Waals surface area contributed by atoms with Gasteiger partial charge in [0, 0.05) is 5.92 Å². The summed E-state index contributed by atoms with van der Waals surface area (Å²) in [6.07, 6.45) is 7.33. The molecule has 1 aromatic rings. The number of carbonyl (C=O) groups excluding carboxylic acids is 1. The van der Waals surface area contributed by atoms with Crippen molar-refractivity contribution in [3.63, 3.8) is 0 Å². The number of hydroxylamine groups is 2. The number of hydrogen-bond acceptors (Lipinski definition) is 3. The lowest BCUT2D eigenvalue weighted by Crippen LogP contribution is -2.40. The average molecular weight is 289 g/mol. The summed E-state index contributed by atoms with van der Waals surface area (Å²) in [5.74, 6) is 0.222. The van der Waals surface area contributed by atoms with Crippen LogP contribution in [0.3, 0.4) is 0 Å². The highest BCUT2D eigenvalue weighted by molar-refractivity contribution is 5.66. The van der Waals surface area contributed by atoms with Gasteiger partial charge in [-0.1, -0.05) is 62.2 Å². The van der Waals surface area contributed by atoms with E-state index in [4.69, 9.17) is 4.74 Å². The molecular weight excluding hydrogens is 266 g/mol. The Balaban J connectivity index is 1.84. The van der Waals surface area contributed by atoms with E-state index in [1.807, 2.05) is 36.4 Å². The number of nitrogens with zero attached hydrogens (tertiary/aromatic N) is 1. The molecule has 1 amide bonds. The second kappa shape index (κ2) is 7.84. The Kier molecular flexibility index (Phi) is 5.81. The van der Waals surface area contributed by atoms with E-state index >= 15 is 0 Å². The van der Waals surface area contributed by atoms with Crippen molar-refractivity contribution in [1.29, 1.82) is 0 Å². The van der Waals surface area contributed by atoms with Crippen LogP contribution in [0.4, 0.5) is 4.79 Å². The molecule has 0 fully saturated rings. The van der Waals surface area contributed by atoms with Crippen molar-refractivity contribution in [1.82, 2.24) is 5.06 Å². The summed E-state index contributed by atoms with van der Waals surface area (Å²) in [5, 5.41) is 10.9. The van der Waals surface area contributed by atoms with Gasteiger partial charge in [-0.15, -0.1) is 0 Å². The largest absolute Gasteiger partial charge is 0.443 e. The van der Waals surface area contributed by atoms with Crippen molar-refractivity contribution in [3.8, 4) is 0 Å². The number of ether oxygens (including phenoxy) is 1. The maximum Gasteiger partial charge on any atom is 0.434 e. The molecule has 2 atom stereocenters. The normalized spacial score (nSPS) is 20.5. The number of unbranched alkanes of at least 4 members (excludes halogenated alkanes) is 1. The van der Waals surface area contributed by atoms with E-state index in [1.54, 1.807) is 0 Å². The minimum Gasteiger partial charge on any atom is -0.443 e. The molecule has 0 aliphatic heterocycles. The van der Waals surface area contributed by atoms with Gasteiger partial charge in [0.15, 0.2) is 0 Å². The summed E-state index contributed by atoms with van der Waals surface area (Å²) in [6, 6.07) is 9.27. The van der Waals surface area contributed by atoms with Gasteiger partial charge in [0.25, 0.3) is 0 Å². The molecule has 21 heavy (non-hydrogen) atoms. The number of rotatable bonds is 6. The van der Waals surface area contributed by atoms with Crippen LogP contribution in [0.5, 0.6) is 0 Å². The fourth-order valence-electron chi connectivity index (χ4n) is 2.63. The molecule has 1 aromatic carbocycles. The van der Waals surface area contributed by atoms with Crippen molar-refractivity contribution >= 4 is 6.09 Å². The predicted octanol–water partition coefficient (Wildman–Crippen LogP) is 4.15. The SMILES string of the molecule is CCCC[C@H]1C=CC[C@@H]1N(O)C(=O)OCc1ccccc1. The van der Waals surface area contributed by atoms with Crippen LogP contribution in [0.1, 0.15) is 38.2 Å². The third-order valence-electron chi connectivity index (χ3n) is 3.85. The van der Waals surface area contributed by atoms with Gasteiger partial charge < -0.3 is 4.74 Å². The van der Waals surface area contributed by atoms with Crippen LogP contribution in [-0.4, -0.2) is 22.4 Å². The lowest BCUT2D eigenvalue weighted by atomic mass is 9.97. The van der Waals surface area contributed by atoms with Crippen LogP contribution in [0, 0.1) is 5.92 Å². The predicted molar refractivity (Wildman–Crippen MR) is 80.8 cm³/mol. The van der Waals surface area contributed by atoms with Crippen LogP contribution in [0.25, 0.3) is 0 Å². The van der Waals surface area contributed by atoms with E-state index < -0.39 is 6.09 Å². The van der Waals surface area contributed by atoms with E-state index in [2.05, 4.69) is 13.0 Å². The van der Waals surface area contributed by atoms with Gasteiger partial charge in [0.2, 0.25) is 0 Å². The Morgan fingerprint density at radius 3 is 2.86 bits per heavy atom. The Hall–Kier alpha value is -1.81. The van der Waals surface area contributed by atoms with E-state index in [0.717, 1.165) is 29.9 Å². The third-order valence-corrected chi connectivity index (χ3v) is 3.85. The highest BCUT2D eigenvalue weighted by Gasteiger charge is 2.31. The molecule has 0 aromatic heterocycles. The first-order chi connectivity index (χ1) is 10.2. The molecular formula is C17H23NO3. The van der Waals surface area contributed by atoms with E-state index in [9.17, 15) is 10.0 Å². The lowest BCUT2D eigenvalue weighted by molar-refractivity contribution is -0.113. The van der Waals surface area contributed by atoms with Crippen molar-refractivity contribution < 1.29 is 14.7 Å².